The molecule has 3 heteroatoms. The molecule has 1 aromatic heterocycles. The fraction of sp³-hybridized carbons (Fsp3) is 0.583. The number of nitrogens with zero attached hydrogens (tertiary/aromatic N) is 1. The Kier molecular flexibility index (Phi) is 2.83. The normalized spacial score (nSPS) is 17.5. The number of aryl methyl sites for hydroxylation is 1. The van der Waals surface area contributed by atoms with Crippen LogP contribution >= 0.6 is 11.3 Å². The van der Waals surface area contributed by atoms with Gasteiger partial charge in [0.05, 0.1) is 4.88 Å². The third-order valence-electron chi connectivity index (χ3n) is 3.19. The van der Waals surface area contributed by atoms with E-state index in [9.17, 15) is 4.79 Å². The number of rotatable bonds is 3. The molecule has 1 saturated carbocycles. The second-order valence-corrected chi connectivity index (χ2v) is 5.69. The van der Waals surface area contributed by atoms with Crippen molar-refractivity contribution in [3.63, 3.8) is 0 Å². The van der Waals surface area contributed by atoms with Gasteiger partial charge in [-0.3, -0.25) is 4.79 Å². The molecule has 1 unspecified atom stereocenters. The molecule has 0 saturated heterocycles. The summed E-state index contributed by atoms with van der Waals surface area (Å²) in [6, 6.07) is 4.33. The van der Waals surface area contributed by atoms with Gasteiger partial charge in [0.25, 0.3) is 5.91 Å². The predicted molar refractivity (Wildman–Crippen MR) is 63.3 cm³/mol. The van der Waals surface area contributed by atoms with Crippen LogP contribution in [-0.2, 0) is 0 Å². The minimum absolute atomic E-state index is 0.174. The molecule has 0 aromatic carbocycles. The van der Waals surface area contributed by atoms with Gasteiger partial charge in [-0.25, -0.2) is 0 Å². The molecule has 0 N–H and O–H groups in total. The van der Waals surface area contributed by atoms with Gasteiger partial charge < -0.3 is 4.90 Å². The first-order valence-corrected chi connectivity index (χ1v) is 6.25. The van der Waals surface area contributed by atoms with E-state index in [-0.39, 0.29) is 5.91 Å². The van der Waals surface area contributed by atoms with Crippen molar-refractivity contribution in [2.45, 2.75) is 32.7 Å². The summed E-state index contributed by atoms with van der Waals surface area (Å²) in [5.41, 5.74) is 0. The molecular formula is C12H17NOS. The van der Waals surface area contributed by atoms with Gasteiger partial charge in [0.15, 0.2) is 0 Å². The van der Waals surface area contributed by atoms with Gasteiger partial charge in [-0.05, 0) is 44.7 Å². The van der Waals surface area contributed by atoms with Crippen LogP contribution in [0.2, 0.25) is 0 Å². The minimum atomic E-state index is 0.174. The van der Waals surface area contributed by atoms with Crippen molar-refractivity contribution in [2.75, 3.05) is 7.05 Å². The average molecular weight is 223 g/mol. The van der Waals surface area contributed by atoms with E-state index < -0.39 is 0 Å². The molecule has 1 heterocycles. The van der Waals surface area contributed by atoms with Crippen molar-refractivity contribution >= 4 is 17.2 Å². The second-order valence-electron chi connectivity index (χ2n) is 4.40. The summed E-state index contributed by atoms with van der Waals surface area (Å²) in [5.74, 6) is 0.910. The molecule has 1 atom stereocenters. The van der Waals surface area contributed by atoms with Gasteiger partial charge in [-0.2, -0.15) is 0 Å². The Bertz CT molecular complexity index is 367. The number of carbonyl (C=O) groups excluding carboxylic acids is 1. The summed E-state index contributed by atoms with van der Waals surface area (Å²) in [6.07, 6.45) is 2.56. The zero-order valence-corrected chi connectivity index (χ0v) is 10.3. The highest BCUT2D eigenvalue weighted by molar-refractivity contribution is 7.13. The van der Waals surface area contributed by atoms with E-state index in [0.29, 0.717) is 6.04 Å². The summed E-state index contributed by atoms with van der Waals surface area (Å²) in [5, 5.41) is 0. The van der Waals surface area contributed by atoms with Gasteiger partial charge in [0, 0.05) is 18.0 Å². The van der Waals surface area contributed by atoms with Crippen LogP contribution in [0.5, 0.6) is 0 Å². The SMILES string of the molecule is Cc1ccc(C(=O)N(C)C(C)C2CC2)s1. The zero-order valence-electron chi connectivity index (χ0n) is 9.49. The van der Waals surface area contributed by atoms with Crippen LogP contribution in [0, 0.1) is 12.8 Å². The molecule has 2 nitrogen and oxygen atoms in total. The molecule has 1 aromatic rings. The van der Waals surface area contributed by atoms with Crippen LogP contribution in [-0.4, -0.2) is 23.9 Å². The lowest BCUT2D eigenvalue weighted by Crippen LogP contribution is -2.35. The average Bonchev–Trinajstić information content (AvgIpc) is 2.98. The standard InChI is InChI=1S/C12H17NOS/c1-8-4-7-11(15-8)12(14)13(3)9(2)10-5-6-10/h4,7,9-10H,5-6H2,1-3H3. The van der Waals surface area contributed by atoms with Crippen LogP contribution in [0.1, 0.15) is 34.3 Å². The first-order chi connectivity index (χ1) is 7.09. The van der Waals surface area contributed by atoms with E-state index in [1.165, 1.54) is 17.7 Å². The van der Waals surface area contributed by atoms with E-state index in [2.05, 4.69) is 6.92 Å². The molecule has 1 amide bonds. The molecule has 2 rings (SSSR count). The summed E-state index contributed by atoms with van der Waals surface area (Å²) in [6.45, 7) is 4.18. The van der Waals surface area contributed by atoms with Crippen LogP contribution in [0.15, 0.2) is 12.1 Å². The molecule has 0 bridgehead atoms. The van der Waals surface area contributed by atoms with Gasteiger partial charge >= 0.3 is 0 Å². The first kappa shape index (κ1) is 10.7. The number of thiophene rings is 1. The van der Waals surface area contributed by atoms with E-state index in [0.717, 1.165) is 10.8 Å². The Labute approximate surface area is 94.9 Å². The molecule has 1 aliphatic rings. The molecule has 1 aliphatic carbocycles. The third kappa shape index (κ3) is 2.23. The lowest BCUT2D eigenvalue weighted by Gasteiger charge is -2.24. The molecule has 82 valence electrons. The molecule has 0 spiro atoms. The molecule has 15 heavy (non-hydrogen) atoms. The number of hydrogen-bond donors (Lipinski definition) is 0. The lowest BCUT2D eigenvalue weighted by atomic mass is 10.2. The summed E-state index contributed by atoms with van der Waals surface area (Å²) in [4.78, 5) is 16.0. The van der Waals surface area contributed by atoms with Crippen molar-refractivity contribution in [1.29, 1.82) is 0 Å². The topological polar surface area (TPSA) is 20.3 Å². The summed E-state index contributed by atoms with van der Waals surface area (Å²) < 4.78 is 0. The molecular weight excluding hydrogens is 206 g/mol. The minimum Gasteiger partial charge on any atom is -0.338 e. The molecule has 0 aliphatic heterocycles. The Morgan fingerprint density at radius 1 is 1.53 bits per heavy atom. The van der Waals surface area contributed by atoms with E-state index in [1.807, 2.05) is 31.0 Å². The van der Waals surface area contributed by atoms with Gasteiger partial charge in [0.1, 0.15) is 0 Å². The maximum absolute atomic E-state index is 12.1. The van der Waals surface area contributed by atoms with Crippen LogP contribution in [0.25, 0.3) is 0 Å². The predicted octanol–water partition coefficient (Wildman–Crippen LogP) is 2.93. The van der Waals surface area contributed by atoms with E-state index >= 15 is 0 Å². The molecule has 0 radical (unpaired) electrons. The Morgan fingerprint density at radius 3 is 2.67 bits per heavy atom. The maximum atomic E-state index is 12.1. The van der Waals surface area contributed by atoms with Crippen molar-refractivity contribution in [1.82, 2.24) is 4.90 Å². The monoisotopic (exact) mass is 223 g/mol. The fourth-order valence-electron chi connectivity index (χ4n) is 1.80. The quantitative estimate of drug-likeness (QED) is 0.771. The highest BCUT2D eigenvalue weighted by Crippen LogP contribution is 2.35. The first-order valence-electron chi connectivity index (χ1n) is 5.43. The Morgan fingerprint density at radius 2 is 2.20 bits per heavy atom. The highest BCUT2D eigenvalue weighted by atomic mass is 32.1. The second kappa shape index (κ2) is 3.97. The Hall–Kier alpha value is -0.830. The number of carbonyl (C=O) groups is 1. The van der Waals surface area contributed by atoms with Gasteiger partial charge in [-0.1, -0.05) is 0 Å². The highest BCUT2D eigenvalue weighted by Gasteiger charge is 2.32. The van der Waals surface area contributed by atoms with Crippen molar-refractivity contribution in [3.05, 3.63) is 21.9 Å². The van der Waals surface area contributed by atoms with Crippen LogP contribution in [0.3, 0.4) is 0 Å². The lowest BCUT2D eigenvalue weighted by molar-refractivity contribution is 0.0732. The third-order valence-corrected chi connectivity index (χ3v) is 4.18. The van der Waals surface area contributed by atoms with Crippen molar-refractivity contribution < 1.29 is 4.79 Å². The Balaban J connectivity index is 2.06. The summed E-state index contributed by atoms with van der Waals surface area (Å²) in [7, 11) is 1.92. The van der Waals surface area contributed by atoms with E-state index in [4.69, 9.17) is 0 Å². The van der Waals surface area contributed by atoms with Crippen molar-refractivity contribution in [2.24, 2.45) is 5.92 Å². The largest absolute Gasteiger partial charge is 0.338 e. The molecule has 1 fully saturated rings. The zero-order chi connectivity index (χ0) is 11.0. The number of amides is 1. The van der Waals surface area contributed by atoms with Crippen molar-refractivity contribution in [3.8, 4) is 0 Å². The van der Waals surface area contributed by atoms with Crippen LogP contribution in [0.4, 0.5) is 0 Å². The van der Waals surface area contributed by atoms with Crippen LogP contribution < -0.4 is 0 Å². The van der Waals surface area contributed by atoms with Gasteiger partial charge in [-0.15, -0.1) is 11.3 Å². The maximum Gasteiger partial charge on any atom is 0.263 e. The number of hydrogen-bond acceptors (Lipinski definition) is 2. The van der Waals surface area contributed by atoms with E-state index in [1.54, 1.807) is 11.3 Å². The fourth-order valence-corrected chi connectivity index (χ4v) is 2.65. The smallest absolute Gasteiger partial charge is 0.263 e. The van der Waals surface area contributed by atoms with Gasteiger partial charge in [0.2, 0.25) is 0 Å². The summed E-state index contributed by atoms with van der Waals surface area (Å²) >= 11 is 1.58.